The second kappa shape index (κ2) is 5.19. The van der Waals surface area contributed by atoms with Crippen LogP contribution in [0.2, 0.25) is 5.02 Å². The monoisotopic (exact) mass is 301 g/mol. The van der Waals surface area contributed by atoms with Crippen LogP contribution in [0.5, 0.6) is 5.75 Å². The maximum atomic E-state index is 6.21. The van der Waals surface area contributed by atoms with E-state index in [1.807, 2.05) is 24.4 Å². The van der Waals surface area contributed by atoms with Gasteiger partial charge in [-0.05, 0) is 25.0 Å². The standard InChI is InChI=1S/C16H16ClN3O/c17-12-3-1-2-11-13(7-9-21-15(11)12)19-14-6-8-18-16(20-14)10-4-5-10/h1-3,6,8,10,13H,4-5,7,9H2,(H,18,19,20). The van der Waals surface area contributed by atoms with Crippen molar-refractivity contribution in [2.45, 2.75) is 31.2 Å². The third kappa shape index (κ3) is 2.56. The SMILES string of the molecule is Clc1cccc2c1OCCC2Nc1ccnc(C2CC2)n1. The Hall–Kier alpha value is -1.81. The lowest BCUT2D eigenvalue weighted by Gasteiger charge is -2.27. The quantitative estimate of drug-likeness (QED) is 0.932. The Morgan fingerprint density at radius 3 is 2.95 bits per heavy atom. The highest BCUT2D eigenvalue weighted by atomic mass is 35.5. The minimum absolute atomic E-state index is 0.175. The zero-order chi connectivity index (χ0) is 14.2. The van der Waals surface area contributed by atoms with Gasteiger partial charge in [-0.2, -0.15) is 0 Å². The molecule has 0 amide bonds. The molecule has 1 N–H and O–H groups in total. The smallest absolute Gasteiger partial charge is 0.143 e. The molecular formula is C16H16ClN3O. The average molecular weight is 302 g/mol. The molecule has 21 heavy (non-hydrogen) atoms. The van der Waals surface area contributed by atoms with Crippen LogP contribution in [-0.2, 0) is 0 Å². The summed E-state index contributed by atoms with van der Waals surface area (Å²) in [4.78, 5) is 8.98. The molecule has 0 spiro atoms. The summed E-state index contributed by atoms with van der Waals surface area (Å²) in [7, 11) is 0. The maximum absolute atomic E-state index is 6.21. The normalized spacial score (nSPS) is 20.5. The summed E-state index contributed by atoms with van der Waals surface area (Å²) < 4.78 is 5.69. The van der Waals surface area contributed by atoms with Gasteiger partial charge in [-0.25, -0.2) is 9.97 Å². The van der Waals surface area contributed by atoms with Gasteiger partial charge in [0.15, 0.2) is 0 Å². The minimum Gasteiger partial charge on any atom is -0.492 e. The van der Waals surface area contributed by atoms with Gasteiger partial charge >= 0.3 is 0 Å². The van der Waals surface area contributed by atoms with Gasteiger partial charge in [0, 0.05) is 24.1 Å². The topological polar surface area (TPSA) is 47.0 Å². The molecule has 4 nitrogen and oxygen atoms in total. The van der Waals surface area contributed by atoms with E-state index in [-0.39, 0.29) is 6.04 Å². The van der Waals surface area contributed by atoms with E-state index in [1.165, 1.54) is 12.8 Å². The number of hydrogen-bond acceptors (Lipinski definition) is 4. The number of rotatable bonds is 3. The first kappa shape index (κ1) is 12.9. The Balaban J connectivity index is 1.61. The van der Waals surface area contributed by atoms with E-state index in [0.717, 1.165) is 29.4 Å². The summed E-state index contributed by atoms with van der Waals surface area (Å²) in [6.07, 6.45) is 5.15. The largest absolute Gasteiger partial charge is 0.492 e. The number of halogens is 1. The number of fused-ring (bicyclic) bond motifs is 1. The van der Waals surface area contributed by atoms with Gasteiger partial charge in [0.2, 0.25) is 0 Å². The van der Waals surface area contributed by atoms with Gasteiger partial charge in [-0.1, -0.05) is 23.7 Å². The second-order valence-electron chi connectivity index (χ2n) is 5.57. The molecule has 2 aromatic rings. The minimum atomic E-state index is 0.175. The molecule has 1 aliphatic carbocycles. The van der Waals surface area contributed by atoms with Crippen molar-refractivity contribution in [2.24, 2.45) is 0 Å². The van der Waals surface area contributed by atoms with E-state index in [4.69, 9.17) is 16.3 Å². The number of anilines is 1. The fraction of sp³-hybridized carbons (Fsp3) is 0.375. The predicted octanol–water partition coefficient (Wildman–Crippen LogP) is 3.94. The number of para-hydroxylation sites is 1. The lowest BCUT2D eigenvalue weighted by Crippen LogP contribution is -2.21. The molecule has 0 bridgehead atoms. The van der Waals surface area contributed by atoms with Crippen LogP contribution in [0.4, 0.5) is 5.82 Å². The Morgan fingerprint density at radius 2 is 2.10 bits per heavy atom. The predicted molar refractivity (Wildman–Crippen MR) is 81.9 cm³/mol. The Labute approximate surface area is 128 Å². The molecule has 2 aliphatic rings. The summed E-state index contributed by atoms with van der Waals surface area (Å²) in [5.41, 5.74) is 1.10. The molecule has 1 atom stereocenters. The molecule has 5 heteroatoms. The van der Waals surface area contributed by atoms with Crippen LogP contribution in [0.3, 0.4) is 0 Å². The van der Waals surface area contributed by atoms with Gasteiger partial charge in [0.25, 0.3) is 0 Å². The molecule has 0 radical (unpaired) electrons. The Kier molecular flexibility index (Phi) is 3.19. The lowest BCUT2D eigenvalue weighted by molar-refractivity contribution is 0.274. The van der Waals surface area contributed by atoms with Crippen molar-refractivity contribution in [3.63, 3.8) is 0 Å². The molecule has 1 aromatic carbocycles. The van der Waals surface area contributed by atoms with Crippen molar-refractivity contribution >= 4 is 17.4 Å². The molecular weight excluding hydrogens is 286 g/mol. The maximum Gasteiger partial charge on any atom is 0.143 e. The molecule has 1 aromatic heterocycles. The highest BCUT2D eigenvalue weighted by Crippen LogP contribution is 2.40. The molecule has 1 saturated carbocycles. The van der Waals surface area contributed by atoms with Crippen LogP contribution < -0.4 is 10.1 Å². The lowest BCUT2D eigenvalue weighted by atomic mass is 10.0. The fourth-order valence-electron chi connectivity index (χ4n) is 2.71. The molecule has 108 valence electrons. The average Bonchev–Trinajstić information content (AvgIpc) is 3.33. The van der Waals surface area contributed by atoms with E-state index < -0.39 is 0 Å². The number of hydrogen-bond donors (Lipinski definition) is 1. The van der Waals surface area contributed by atoms with Gasteiger partial charge in [-0.3, -0.25) is 0 Å². The number of aromatic nitrogens is 2. The van der Waals surface area contributed by atoms with E-state index in [0.29, 0.717) is 17.5 Å². The number of nitrogens with zero attached hydrogens (tertiary/aromatic N) is 2. The van der Waals surface area contributed by atoms with Gasteiger partial charge in [-0.15, -0.1) is 0 Å². The summed E-state index contributed by atoms with van der Waals surface area (Å²) in [6, 6.07) is 7.97. The first-order chi connectivity index (χ1) is 10.3. The first-order valence-corrected chi connectivity index (χ1v) is 7.70. The molecule has 0 saturated heterocycles. The van der Waals surface area contributed by atoms with Gasteiger partial charge < -0.3 is 10.1 Å². The number of nitrogens with one attached hydrogen (secondary N) is 1. The molecule has 2 heterocycles. The molecule has 1 aliphatic heterocycles. The van der Waals surface area contributed by atoms with Crippen LogP contribution in [0.1, 0.15) is 42.6 Å². The third-order valence-corrected chi connectivity index (χ3v) is 4.26. The van der Waals surface area contributed by atoms with Crippen LogP contribution in [0.15, 0.2) is 30.5 Å². The van der Waals surface area contributed by atoms with E-state index in [9.17, 15) is 0 Å². The van der Waals surface area contributed by atoms with Crippen molar-refractivity contribution in [3.8, 4) is 5.75 Å². The summed E-state index contributed by atoms with van der Waals surface area (Å²) in [5, 5.41) is 4.16. The van der Waals surface area contributed by atoms with Crippen LogP contribution in [0, 0.1) is 0 Å². The zero-order valence-corrected chi connectivity index (χ0v) is 12.3. The van der Waals surface area contributed by atoms with Crippen molar-refractivity contribution in [2.75, 3.05) is 11.9 Å². The van der Waals surface area contributed by atoms with Crippen molar-refractivity contribution in [1.82, 2.24) is 9.97 Å². The molecule has 1 unspecified atom stereocenters. The van der Waals surface area contributed by atoms with Crippen LogP contribution >= 0.6 is 11.6 Å². The van der Waals surface area contributed by atoms with E-state index in [1.54, 1.807) is 0 Å². The molecule has 1 fully saturated rings. The second-order valence-corrected chi connectivity index (χ2v) is 5.97. The zero-order valence-electron chi connectivity index (χ0n) is 11.6. The Morgan fingerprint density at radius 1 is 1.19 bits per heavy atom. The Bertz CT molecular complexity index is 672. The highest BCUT2D eigenvalue weighted by Gasteiger charge is 2.27. The number of ether oxygens (including phenoxy) is 1. The van der Waals surface area contributed by atoms with Gasteiger partial charge in [0.1, 0.15) is 17.4 Å². The van der Waals surface area contributed by atoms with E-state index in [2.05, 4.69) is 21.4 Å². The summed E-state index contributed by atoms with van der Waals surface area (Å²) in [5.74, 6) is 3.19. The van der Waals surface area contributed by atoms with Gasteiger partial charge in [0.05, 0.1) is 17.7 Å². The van der Waals surface area contributed by atoms with Crippen LogP contribution in [0.25, 0.3) is 0 Å². The number of benzene rings is 1. The fourth-order valence-corrected chi connectivity index (χ4v) is 2.94. The first-order valence-electron chi connectivity index (χ1n) is 7.32. The van der Waals surface area contributed by atoms with Crippen molar-refractivity contribution in [1.29, 1.82) is 0 Å². The summed E-state index contributed by atoms with van der Waals surface area (Å²) in [6.45, 7) is 0.662. The van der Waals surface area contributed by atoms with Crippen LogP contribution in [-0.4, -0.2) is 16.6 Å². The summed E-state index contributed by atoms with van der Waals surface area (Å²) >= 11 is 6.21. The van der Waals surface area contributed by atoms with Crippen molar-refractivity contribution in [3.05, 3.63) is 46.9 Å². The third-order valence-electron chi connectivity index (χ3n) is 3.96. The highest BCUT2D eigenvalue weighted by molar-refractivity contribution is 6.32. The van der Waals surface area contributed by atoms with E-state index >= 15 is 0 Å². The van der Waals surface area contributed by atoms with Crippen molar-refractivity contribution < 1.29 is 4.74 Å². The molecule has 4 rings (SSSR count).